The van der Waals surface area contributed by atoms with Crippen LogP contribution in [0.25, 0.3) is 0 Å². The molecule has 0 saturated heterocycles. The van der Waals surface area contributed by atoms with E-state index >= 15 is 0 Å². The molecule has 2 rings (SSSR count). The zero-order chi connectivity index (χ0) is 14.2. The molecule has 0 spiro atoms. The molecular weight excluding hydrogens is 413 g/mol. The molecule has 0 radical (unpaired) electrons. The fraction of sp³-hybridized carbons (Fsp3) is 0.400. The van der Waals surface area contributed by atoms with Crippen LogP contribution in [0.4, 0.5) is 0 Å². The van der Waals surface area contributed by atoms with Gasteiger partial charge in [0.25, 0.3) is 0 Å². The van der Waals surface area contributed by atoms with Crippen molar-refractivity contribution in [3.05, 3.63) is 44.8 Å². The largest absolute Gasteiger partial charge is 0.357 e. The van der Waals surface area contributed by atoms with Crippen LogP contribution in [0.1, 0.15) is 30.2 Å². The monoisotopic (exact) mass is 435 g/mol. The number of guanidine groups is 1. The first-order valence-corrected chi connectivity index (χ1v) is 8.68. The van der Waals surface area contributed by atoms with Crippen molar-refractivity contribution in [1.82, 2.24) is 10.6 Å². The Morgan fingerprint density at radius 2 is 2.14 bits per heavy atom. The van der Waals surface area contributed by atoms with Gasteiger partial charge in [-0.1, -0.05) is 13.0 Å². The Balaban J connectivity index is 0.00000220. The molecule has 0 fully saturated rings. The van der Waals surface area contributed by atoms with Crippen LogP contribution in [0.3, 0.4) is 0 Å². The summed E-state index contributed by atoms with van der Waals surface area (Å²) in [5, 5.41) is 13.1. The minimum Gasteiger partial charge on any atom is -0.357 e. The first kappa shape index (κ1) is 18.4. The van der Waals surface area contributed by atoms with Gasteiger partial charge in [0.05, 0.1) is 6.54 Å². The quantitative estimate of drug-likeness (QED) is 0.404. The van der Waals surface area contributed by atoms with Gasteiger partial charge in [-0.25, -0.2) is 4.99 Å². The van der Waals surface area contributed by atoms with E-state index < -0.39 is 0 Å². The summed E-state index contributed by atoms with van der Waals surface area (Å²) >= 11 is 3.52. The van der Waals surface area contributed by atoms with Gasteiger partial charge in [0.2, 0.25) is 0 Å². The summed E-state index contributed by atoms with van der Waals surface area (Å²) in [5.74, 6) is 1.39. The Morgan fingerprint density at radius 3 is 2.76 bits per heavy atom. The Bertz CT molecular complexity index is 509. The van der Waals surface area contributed by atoms with Gasteiger partial charge in [0.1, 0.15) is 0 Å². The van der Waals surface area contributed by atoms with Crippen LogP contribution < -0.4 is 10.6 Å². The van der Waals surface area contributed by atoms with Gasteiger partial charge in [-0.3, -0.25) is 0 Å². The normalized spacial score (nSPS) is 12.6. The third kappa shape index (κ3) is 6.36. The maximum absolute atomic E-state index is 4.61. The van der Waals surface area contributed by atoms with Crippen LogP contribution in [0, 0.1) is 0 Å². The minimum absolute atomic E-state index is 0. The summed E-state index contributed by atoms with van der Waals surface area (Å²) in [6.45, 7) is 6.83. The standard InChI is InChI=1S/C15H21N3S2.HI/c1-3-16-15(18-10-13-6-8-19-11-13)17-9-12(2)14-5-4-7-20-14;/h4-8,11-12H,3,9-10H2,1-2H3,(H2,16,17,18);1H. The highest BCUT2D eigenvalue weighted by Gasteiger charge is 2.07. The van der Waals surface area contributed by atoms with Crippen molar-refractivity contribution in [2.75, 3.05) is 13.1 Å². The number of nitrogens with zero attached hydrogens (tertiary/aromatic N) is 1. The zero-order valence-corrected chi connectivity index (χ0v) is 16.3. The molecule has 0 bridgehead atoms. The highest BCUT2D eigenvalue weighted by atomic mass is 127. The van der Waals surface area contributed by atoms with Gasteiger partial charge in [-0.2, -0.15) is 11.3 Å². The summed E-state index contributed by atoms with van der Waals surface area (Å²) in [6.07, 6.45) is 0. The molecule has 2 heterocycles. The number of hydrogen-bond donors (Lipinski definition) is 2. The molecule has 0 aliphatic carbocycles. The van der Waals surface area contributed by atoms with Crippen molar-refractivity contribution in [2.45, 2.75) is 26.3 Å². The lowest BCUT2D eigenvalue weighted by Crippen LogP contribution is -2.39. The lowest BCUT2D eigenvalue weighted by molar-refractivity contribution is 0.709. The third-order valence-corrected chi connectivity index (χ3v) is 4.78. The van der Waals surface area contributed by atoms with E-state index in [9.17, 15) is 0 Å². The predicted molar refractivity (Wildman–Crippen MR) is 105 cm³/mol. The molecule has 2 aromatic rings. The predicted octanol–water partition coefficient (Wildman–Crippen LogP) is 4.29. The first-order valence-electron chi connectivity index (χ1n) is 6.86. The summed E-state index contributed by atoms with van der Waals surface area (Å²) in [7, 11) is 0. The number of hydrogen-bond acceptors (Lipinski definition) is 3. The Hall–Kier alpha value is -0.600. The molecule has 1 unspecified atom stereocenters. The molecule has 0 amide bonds. The average molecular weight is 435 g/mol. The summed E-state index contributed by atoms with van der Waals surface area (Å²) in [6, 6.07) is 6.41. The van der Waals surface area contributed by atoms with Crippen LogP contribution >= 0.6 is 46.7 Å². The molecule has 0 aliphatic rings. The molecule has 0 aromatic carbocycles. The molecule has 6 heteroatoms. The van der Waals surface area contributed by atoms with E-state index in [1.807, 2.05) is 11.3 Å². The summed E-state index contributed by atoms with van der Waals surface area (Å²) < 4.78 is 0. The number of nitrogens with one attached hydrogen (secondary N) is 2. The Morgan fingerprint density at radius 1 is 1.29 bits per heavy atom. The molecule has 2 aromatic heterocycles. The highest BCUT2D eigenvalue weighted by Crippen LogP contribution is 2.19. The SMILES string of the molecule is CCNC(=NCc1ccsc1)NCC(C)c1cccs1.I. The molecule has 1 atom stereocenters. The molecule has 116 valence electrons. The summed E-state index contributed by atoms with van der Waals surface area (Å²) in [5.41, 5.74) is 1.26. The topological polar surface area (TPSA) is 36.4 Å². The number of aliphatic imine (C=N–C) groups is 1. The van der Waals surface area contributed by atoms with E-state index in [1.165, 1.54) is 10.4 Å². The van der Waals surface area contributed by atoms with Crippen LogP contribution in [0.2, 0.25) is 0 Å². The number of rotatable bonds is 6. The van der Waals surface area contributed by atoms with E-state index in [0.29, 0.717) is 5.92 Å². The van der Waals surface area contributed by atoms with Crippen molar-refractivity contribution in [2.24, 2.45) is 4.99 Å². The minimum atomic E-state index is 0. The fourth-order valence-electron chi connectivity index (χ4n) is 1.82. The first-order chi connectivity index (χ1) is 9.79. The lowest BCUT2D eigenvalue weighted by Gasteiger charge is -2.14. The molecule has 2 N–H and O–H groups in total. The van der Waals surface area contributed by atoms with Gasteiger partial charge < -0.3 is 10.6 Å². The van der Waals surface area contributed by atoms with Crippen LogP contribution in [0.15, 0.2) is 39.3 Å². The second-order valence-corrected chi connectivity index (χ2v) is 6.38. The molecule has 0 saturated carbocycles. The van der Waals surface area contributed by atoms with Gasteiger partial charge in [0, 0.05) is 23.9 Å². The molecule has 21 heavy (non-hydrogen) atoms. The van der Waals surface area contributed by atoms with E-state index in [4.69, 9.17) is 0 Å². The van der Waals surface area contributed by atoms with Crippen molar-refractivity contribution in [3.63, 3.8) is 0 Å². The second-order valence-electron chi connectivity index (χ2n) is 4.62. The smallest absolute Gasteiger partial charge is 0.191 e. The summed E-state index contributed by atoms with van der Waals surface area (Å²) in [4.78, 5) is 6.02. The van der Waals surface area contributed by atoms with E-state index in [0.717, 1.165) is 25.6 Å². The van der Waals surface area contributed by atoms with Gasteiger partial charge in [-0.05, 0) is 40.8 Å². The maximum atomic E-state index is 4.61. The third-order valence-electron chi connectivity index (χ3n) is 2.95. The van der Waals surface area contributed by atoms with E-state index in [-0.39, 0.29) is 24.0 Å². The maximum Gasteiger partial charge on any atom is 0.191 e. The molecular formula is C15H22IN3S2. The second kappa shape index (κ2) is 10.2. The van der Waals surface area contributed by atoms with Crippen LogP contribution in [-0.2, 0) is 6.54 Å². The average Bonchev–Trinajstić information content (AvgIpc) is 3.13. The van der Waals surface area contributed by atoms with Gasteiger partial charge in [-0.15, -0.1) is 35.3 Å². The van der Waals surface area contributed by atoms with Crippen molar-refractivity contribution in [1.29, 1.82) is 0 Å². The van der Waals surface area contributed by atoms with Crippen molar-refractivity contribution < 1.29 is 0 Å². The van der Waals surface area contributed by atoms with E-state index in [1.54, 1.807) is 11.3 Å². The van der Waals surface area contributed by atoms with Crippen molar-refractivity contribution >= 4 is 52.6 Å². The fourth-order valence-corrected chi connectivity index (χ4v) is 3.26. The highest BCUT2D eigenvalue weighted by molar-refractivity contribution is 14.0. The van der Waals surface area contributed by atoms with Gasteiger partial charge in [0.15, 0.2) is 5.96 Å². The molecule has 3 nitrogen and oxygen atoms in total. The Kier molecular flexibility index (Phi) is 8.94. The number of halogens is 1. The zero-order valence-electron chi connectivity index (χ0n) is 12.3. The Labute approximate surface area is 151 Å². The van der Waals surface area contributed by atoms with Gasteiger partial charge >= 0.3 is 0 Å². The van der Waals surface area contributed by atoms with Crippen LogP contribution in [-0.4, -0.2) is 19.0 Å². The number of thiophene rings is 2. The van der Waals surface area contributed by atoms with Crippen LogP contribution in [0.5, 0.6) is 0 Å². The van der Waals surface area contributed by atoms with Crippen molar-refractivity contribution in [3.8, 4) is 0 Å². The van der Waals surface area contributed by atoms with E-state index in [2.05, 4.69) is 63.8 Å². The lowest BCUT2D eigenvalue weighted by atomic mass is 10.1. The molecule has 0 aliphatic heterocycles.